The second kappa shape index (κ2) is 46.0. The van der Waals surface area contributed by atoms with E-state index in [9.17, 15) is 83.2 Å². The predicted octanol–water partition coefficient (Wildman–Crippen LogP) is -0.643. The van der Waals surface area contributed by atoms with Crippen LogP contribution >= 0.6 is 0 Å². The molecular weight excluding hydrogens is 2270 g/mol. The molecule has 46 heteroatoms. The maximum absolute atomic E-state index is 10.7. The Morgan fingerprint density at radius 3 is 0.432 bits per heavy atom. The summed E-state index contributed by atoms with van der Waals surface area (Å²) in [6.07, 6.45) is 14.4. The van der Waals surface area contributed by atoms with Gasteiger partial charge in [0, 0.05) is 92.7 Å². The van der Waals surface area contributed by atoms with Crippen molar-refractivity contribution in [1.29, 1.82) is 0 Å². The van der Waals surface area contributed by atoms with E-state index in [1.807, 2.05) is 48.5 Å². The molecule has 0 bridgehead atoms. The van der Waals surface area contributed by atoms with Crippen molar-refractivity contribution in [3.8, 4) is 0 Å². The van der Waals surface area contributed by atoms with Crippen LogP contribution in [0.1, 0.15) is 0 Å². The average Bonchev–Trinajstić information content (AvgIpc) is 0.802. The fourth-order valence-electron chi connectivity index (χ4n) is 10.3. The van der Waals surface area contributed by atoms with Crippen molar-refractivity contribution < 1.29 is 220 Å². The van der Waals surface area contributed by atoms with E-state index in [1.165, 1.54) is 48.5 Å². The van der Waals surface area contributed by atoms with Gasteiger partial charge in [-0.25, -0.2) is 0 Å². The average molecular weight is 2330 g/mol. The molecule has 0 fully saturated rings. The van der Waals surface area contributed by atoms with Crippen molar-refractivity contribution in [1.82, 2.24) is 39.9 Å². The molecule has 592 valence electrons. The van der Waals surface area contributed by atoms with E-state index in [4.69, 9.17) is 16.4 Å². The van der Waals surface area contributed by atoms with Crippen LogP contribution in [-0.2, 0) is 176 Å². The molecule has 0 aliphatic carbocycles. The van der Waals surface area contributed by atoms with Gasteiger partial charge in [-0.2, -0.15) is 0 Å². The number of pyridine rings is 8. The molecule has 16 aromatic rings. The predicted molar refractivity (Wildman–Crippen MR) is 409 cm³/mol. The zero-order valence-corrected chi connectivity index (χ0v) is 87.6. The van der Waals surface area contributed by atoms with Gasteiger partial charge in [-0.1, -0.05) is 97.1 Å². The molecule has 0 saturated heterocycles. The van der Waals surface area contributed by atoms with Crippen molar-refractivity contribution in [2.75, 3.05) is 0 Å². The number of fused-ring (bicyclic) bond motifs is 12. The Hall–Kier alpha value is -6.60. The minimum Gasteiger partial charge on any atom is -0.457 e. The van der Waals surface area contributed by atoms with Crippen LogP contribution in [0.4, 0.5) is 0 Å². The van der Waals surface area contributed by atoms with Crippen LogP contribution in [0.25, 0.3) is 87.2 Å². The number of nitrogens with zero attached hydrogens (tertiary/aromatic N) is 8. The monoisotopic (exact) mass is 2330 g/mol. The molecule has 8 aromatic heterocycles. The Labute approximate surface area is 763 Å². The standard InChI is InChI=1S/4C12H8N2.4C6H7AsO6S.4Cd.2H2O/c4*1-3-9-5-6-10-4-2-8-14-12(10)11(9)13-7-1;4*8-7(9,10)5-3-1-2-4-6(5)14(11,12)13;;;;;;/h4*1-8H;4*1-4H,(H2,8,9,10)(H,11,12,13);;;;;2*1H2/q;;;;;;;;4*+2;;/p-6. The minimum absolute atomic E-state index is 0. The SMILES string of the molecule is O=S(=O)([O-])c1ccccc1[As](=O)([O-])O.O=S(=O)([O-])c1ccccc1[As](=O)([O-])O.O=S(=O)([O-])c1ccccc1[As](=O)([O-])O.O=S(=O)([O-])c1ccccc1[As](=O)([O-])O.[Cd+2].[Cd+2].[Cd+2].[Cd+2].[OH3+].[OH3+].c1cnc2c(c1)ccc1cccnc12.c1cnc2c(c1)ccc1cccnc12.c1cnc2c(c1)ccc1cccnc12.c1cnc2c(c1)ccc1cccnc12. The molecule has 0 aliphatic rings. The van der Waals surface area contributed by atoms with E-state index in [1.54, 1.807) is 49.6 Å². The number of hydrogen-bond donors (Lipinski definition) is 4. The third-order valence-electron chi connectivity index (χ3n) is 15.1. The van der Waals surface area contributed by atoms with Crippen molar-refractivity contribution in [3.63, 3.8) is 0 Å². The first-order valence-electron chi connectivity index (χ1n) is 31.4. The van der Waals surface area contributed by atoms with Gasteiger partial charge in [0.05, 0.1) is 44.1 Å². The summed E-state index contributed by atoms with van der Waals surface area (Å²) in [5.41, 5.74) is 7.82. The summed E-state index contributed by atoms with van der Waals surface area (Å²) in [6, 6.07) is 65.0. The second-order valence-corrected chi connectivity index (χ2v) is 40.8. The zero-order chi connectivity index (χ0) is 81.5. The van der Waals surface area contributed by atoms with Crippen LogP contribution in [0.15, 0.2) is 312 Å². The van der Waals surface area contributed by atoms with Crippen molar-refractivity contribution in [2.45, 2.75) is 19.6 Å². The fraction of sp³-hybridized carbons (Fsp3) is 0. The molecule has 0 spiro atoms. The smallest absolute Gasteiger partial charge is 0.457 e. The van der Waals surface area contributed by atoms with Gasteiger partial charge >= 0.3 is 440 Å². The molecule has 118 heavy (non-hydrogen) atoms. The largest absolute Gasteiger partial charge is 2.00 e. The first-order chi connectivity index (χ1) is 52.7. The molecule has 4 unspecified atom stereocenters. The Bertz CT molecular complexity index is 5840. The minimum atomic E-state index is -5.61. The van der Waals surface area contributed by atoms with Gasteiger partial charge in [-0.15, -0.1) is 0 Å². The number of benzene rings is 8. The van der Waals surface area contributed by atoms with Crippen LogP contribution in [-0.4, -0.2) is 165 Å². The summed E-state index contributed by atoms with van der Waals surface area (Å²) in [5.74, 6) is 0. The van der Waals surface area contributed by atoms with Gasteiger partial charge in [0.1, 0.15) is 0 Å². The van der Waals surface area contributed by atoms with E-state index >= 15 is 0 Å². The van der Waals surface area contributed by atoms with Crippen LogP contribution < -0.4 is 33.8 Å². The Kier molecular flexibility index (Phi) is 41.2. The van der Waals surface area contributed by atoms with E-state index < -0.39 is 134 Å². The maximum Gasteiger partial charge on any atom is 2.00 e. The van der Waals surface area contributed by atoms with Gasteiger partial charge < -0.3 is 11.0 Å². The van der Waals surface area contributed by atoms with Gasteiger partial charge in [-0.3, -0.25) is 39.9 Å². The summed E-state index contributed by atoms with van der Waals surface area (Å²) < 4.78 is 244. The summed E-state index contributed by atoms with van der Waals surface area (Å²) in [7, 11) is -19.5. The third-order valence-corrected chi connectivity index (χ3v) is 28.4. The maximum atomic E-state index is 10.7. The molecule has 34 nitrogen and oxygen atoms in total. The first kappa shape index (κ1) is 106. The van der Waals surface area contributed by atoms with E-state index in [2.05, 4.69) is 137 Å². The van der Waals surface area contributed by atoms with E-state index in [0.29, 0.717) is 0 Å². The van der Waals surface area contributed by atoms with Crippen LogP contribution in [0.3, 0.4) is 0 Å². The molecule has 16 rings (SSSR count). The third kappa shape index (κ3) is 29.3. The topological polar surface area (TPSA) is 639 Å². The van der Waals surface area contributed by atoms with E-state index in [-0.39, 0.29) is 120 Å². The molecule has 10 N–H and O–H groups in total. The molecule has 0 aliphatic heterocycles. The number of aromatic nitrogens is 8. The zero-order valence-electron chi connectivity index (χ0n) is 60.6. The summed E-state index contributed by atoms with van der Waals surface area (Å²) >= 11 is -22.4. The van der Waals surface area contributed by atoms with Gasteiger partial charge in [0.2, 0.25) is 0 Å². The quantitative estimate of drug-likeness (QED) is 0.0636. The van der Waals surface area contributed by atoms with Crippen LogP contribution in [0.2, 0.25) is 0 Å². The summed E-state index contributed by atoms with van der Waals surface area (Å²) in [5, 5.41) is 9.10. The molecule has 8 aromatic carbocycles. The van der Waals surface area contributed by atoms with Crippen LogP contribution in [0, 0.1) is 0 Å². The molecule has 0 saturated carbocycles. The Balaban J connectivity index is 0.000000346. The molecule has 0 amide bonds. The van der Waals surface area contributed by atoms with Crippen molar-refractivity contribution in [2.24, 2.45) is 0 Å². The molecular formula is C72H58As4Cd4N8O26S4+2. The molecule has 4 atom stereocenters. The van der Waals surface area contributed by atoms with Gasteiger partial charge in [0.25, 0.3) is 0 Å². The first-order valence-corrected chi connectivity index (χ1v) is 50.3. The Morgan fingerprint density at radius 1 is 0.212 bits per heavy atom. The summed E-state index contributed by atoms with van der Waals surface area (Å²) in [6.45, 7) is 0. The van der Waals surface area contributed by atoms with Crippen molar-refractivity contribution in [3.05, 3.63) is 292 Å². The number of hydrogen-bond acceptors (Lipinski definition) is 28. The normalized spacial score (nSPS) is 12.8. The fourth-order valence-corrected chi connectivity index (χ4v) is 23.1. The molecule has 0 radical (unpaired) electrons. The van der Waals surface area contributed by atoms with Gasteiger partial charge in [-0.05, 0) is 48.5 Å². The molecule has 8 heterocycles. The van der Waals surface area contributed by atoms with E-state index in [0.717, 1.165) is 136 Å². The van der Waals surface area contributed by atoms with Crippen molar-refractivity contribution >= 4 is 202 Å². The number of rotatable bonds is 8. The Morgan fingerprint density at radius 2 is 0.331 bits per heavy atom. The summed E-state index contributed by atoms with van der Waals surface area (Å²) in [4.78, 5) is 31.1. The van der Waals surface area contributed by atoms with Gasteiger partial charge in [0.15, 0.2) is 0 Å². The second-order valence-electron chi connectivity index (χ2n) is 22.6. The van der Waals surface area contributed by atoms with Crippen LogP contribution in [0.5, 0.6) is 0 Å².